The molecule has 0 saturated carbocycles. The van der Waals surface area contributed by atoms with E-state index in [1.807, 2.05) is 6.92 Å². The van der Waals surface area contributed by atoms with Gasteiger partial charge in [-0.15, -0.1) is 0 Å². The Labute approximate surface area is 256 Å². The van der Waals surface area contributed by atoms with Crippen LogP contribution in [0.1, 0.15) is 44.2 Å². The fourth-order valence-corrected chi connectivity index (χ4v) is 4.31. The van der Waals surface area contributed by atoms with Gasteiger partial charge in [-0.05, 0) is 60.6 Å². The van der Waals surface area contributed by atoms with Crippen LogP contribution in [0.25, 0.3) is 0 Å². The number of carbonyl (C=O) groups is 4. The summed E-state index contributed by atoms with van der Waals surface area (Å²) in [6, 6.07) is 7.59. The number of nitrogens with zero attached hydrogens (tertiary/aromatic N) is 1. The summed E-state index contributed by atoms with van der Waals surface area (Å²) < 4.78 is 0. The van der Waals surface area contributed by atoms with E-state index in [2.05, 4.69) is 20.9 Å². The molecule has 2 aromatic carbocycles. The molecule has 2 rings (SSSR count). The highest BCUT2D eigenvalue weighted by Crippen LogP contribution is 2.14. The van der Waals surface area contributed by atoms with Gasteiger partial charge >= 0.3 is 5.97 Å². The predicted octanol–water partition coefficient (Wildman–Crippen LogP) is -0.151. The number of hydrogen-bond acceptors (Lipinski definition) is 8. The van der Waals surface area contributed by atoms with Crippen molar-refractivity contribution in [1.29, 1.82) is 0 Å². The van der Waals surface area contributed by atoms with Gasteiger partial charge in [0.2, 0.25) is 17.7 Å². The lowest BCUT2D eigenvalue weighted by Crippen LogP contribution is -2.59. The molecule has 240 valence electrons. The number of aliphatic imine (C=N–C) groups is 1. The van der Waals surface area contributed by atoms with Crippen molar-refractivity contribution >= 4 is 29.7 Å². The average Bonchev–Trinajstić information content (AvgIpc) is 2.98. The Bertz CT molecular complexity index is 1280. The van der Waals surface area contributed by atoms with Crippen LogP contribution >= 0.6 is 0 Å². The molecule has 0 bridgehead atoms. The van der Waals surface area contributed by atoms with E-state index < -0.39 is 47.9 Å². The minimum atomic E-state index is -1.33. The number of phenols is 2. The summed E-state index contributed by atoms with van der Waals surface area (Å²) in [5.41, 5.74) is 18.2. The second-order valence-corrected chi connectivity index (χ2v) is 10.6. The molecule has 0 radical (unpaired) electrons. The zero-order valence-electron chi connectivity index (χ0n) is 24.9. The van der Waals surface area contributed by atoms with Crippen LogP contribution < -0.4 is 33.2 Å². The summed E-state index contributed by atoms with van der Waals surface area (Å²) in [7, 11) is 0. The van der Waals surface area contributed by atoms with Crippen LogP contribution in [0.2, 0.25) is 0 Å². The summed E-state index contributed by atoms with van der Waals surface area (Å²) in [6.07, 6.45) is 0.959. The molecule has 0 saturated heterocycles. The summed E-state index contributed by atoms with van der Waals surface area (Å²) in [5, 5.41) is 36.6. The number of amides is 3. The van der Waals surface area contributed by atoms with E-state index in [9.17, 15) is 34.5 Å². The zero-order valence-corrected chi connectivity index (χ0v) is 24.9. The van der Waals surface area contributed by atoms with Crippen LogP contribution in [0, 0.1) is 5.92 Å². The topological polar surface area (TPSA) is 255 Å². The number of guanidine groups is 1. The predicted molar refractivity (Wildman–Crippen MR) is 164 cm³/mol. The first-order chi connectivity index (χ1) is 20.8. The molecule has 0 spiro atoms. The first-order valence-electron chi connectivity index (χ1n) is 14.3. The van der Waals surface area contributed by atoms with Crippen LogP contribution in [0.5, 0.6) is 11.5 Å². The van der Waals surface area contributed by atoms with Gasteiger partial charge in [-0.1, -0.05) is 44.5 Å². The molecule has 0 fully saturated rings. The number of hydrogen-bond donors (Lipinski definition) is 9. The molecule has 44 heavy (non-hydrogen) atoms. The molecule has 0 heterocycles. The van der Waals surface area contributed by atoms with E-state index in [0.29, 0.717) is 17.5 Å². The lowest BCUT2D eigenvalue weighted by Gasteiger charge is -2.28. The SMILES string of the molecule is CCC(C)C(NC(=O)C(N)Cc1ccc(O)cc1)C(=O)NC(CCCN=C(N)N)C(=O)NC(Cc1ccc(O)cc1)C(=O)O. The van der Waals surface area contributed by atoms with Gasteiger partial charge in [-0.3, -0.25) is 19.4 Å². The minimum Gasteiger partial charge on any atom is -0.508 e. The summed E-state index contributed by atoms with van der Waals surface area (Å²) in [6.45, 7) is 3.77. The van der Waals surface area contributed by atoms with Gasteiger partial charge in [0.15, 0.2) is 5.96 Å². The van der Waals surface area contributed by atoms with E-state index in [1.54, 1.807) is 19.1 Å². The van der Waals surface area contributed by atoms with Crippen LogP contribution in [0.4, 0.5) is 0 Å². The van der Waals surface area contributed by atoms with E-state index >= 15 is 0 Å². The quantitative estimate of drug-likeness (QED) is 0.0647. The monoisotopic (exact) mass is 613 g/mol. The Morgan fingerprint density at radius 1 is 0.795 bits per heavy atom. The number of nitrogens with two attached hydrogens (primary N) is 3. The Morgan fingerprint density at radius 3 is 1.82 bits per heavy atom. The number of carbonyl (C=O) groups excluding carboxylic acids is 3. The van der Waals surface area contributed by atoms with Gasteiger partial charge in [0.25, 0.3) is 0 Å². The molecule has 5 unspecified atom stereocenters. The average molecular weight is 614 g/mol. The number of nitrogens with one attached hydrogen (secondary N) is 3. The molecule has 0 aliphatic rings. The fraction of sp³-hybridized carbons (Fsp3) is 0.433. The lowest BCUT2D eigenvalue weighted by atomic mass is 9.96. The maximum Gasteiger partial charge on any atom is 0.326 e. The van der Waals surface area contributed by atoms with Gasteiger partial charge in [0.05, 0.1) is 6.04 Å². The van der Waals surface area contributed by atoms with E-state index in [-0.39, 0.29) is 55.6 Å². The molecular formula is C30H43N7O7. The highest BCUT2D eigenvalue weighted by atomic mass is 16.4. The molecule has 3 amide bonds. The number of aromatic hydroxyl groups is 2. The molecule has 0 aromatic heterocycles. The van der Waals surface area contributed by atoms with Crippen LogP contribution in [0.15, 0.2) is 53.5 Å². The molecular weight excluding hydrogens is 570 g/mol. The van der Waals surface area contributed by atoms with Crippen molar-refractivity contribution in [3.05, 3.63) is 59.7 Å². The Hall–Kier alpha value is -4.85. The van der Waals surface area contributed by atoms with Crippen LogP contribution in [-0.2, 0) is 32.0 Å². The molecule has 0 aliphatic heterocycles. The van der Waals surface area contributed by atoms with Crippen molar-refractivity contribution in [2.24, 2.45) is 28.1 Å². The highest BCUT2D eigenvalue weighted by Gasteiger charge is 2.32. The fourth-order valence-electron chi connectivity index (χ4n) is 4.31. The highest BCUT2D eigenvalue weighted by molar-refractivity contribution is 5.94. The molecule has 5 atom stereocenters. The smallest absolute Gasteiger partial charge is 0.326 e. The molecule has 14 heteroatoms. The summed E-state index contributed by atoms with van der Waals surface area (Å²) >= 11 is 0. The Kier molecular flexibility index (Phi) is 13.9. The first-order valence-corrected chi connectivity index (χ1v) is 14.3. The Morgan fingerprint density at radius 2 is 1.32 bits per heavy atom. The van der Waals surface area contributed by atoms with Gasteiger partial charge in [0, 0.05) is 13.0 Å². The summed E-state index contributed by atoms with van der Waals surface area (Å²) in [4.78, 5) is 55.7. The number of carboxylic acid groups (broad SMARTS) is 1. The largest absolute Gasteiger partial charge is 0.508 e. The number of aliphatic carboxylic acids is 1. The molecule has 12 N–H and O–H groups in total. The molecule has 0 aliphatic carbocycles. The van der Waals surface area contributed by atoms with Gasteiger partial charge in [-0.25, -0.2) is 4.79 Å². The van der Waals surface area contributed by atoms with Crippen molar-refractivity contribution < 1.29 is 34.5 Å². The third-order valence-electron chi connectivity index (χ3n) is 7.09. The Balaban J connectivity index is 2.19. The van der Waals surface area contributed by atoms with Gasteiger partial charge < -0.3 is 48.5 Å². The zero-order chi connectivity index (χ0) is 32.8. The van der Waals surface area contributed by atoms with Gasteiger partial charge in [0.1, 0.15) is 29.6 Å². The van der Waals surface area contributed by atoms with Crippen molar-refractivity contribution in [2.75, 3.05) is 6.54 Å². The third-order valence-corrected chi connectivity index (χ3v) is 7.09. The summed E-state index contributed by atoms with van der Waals surface area (Å²) in [5.74, 6) is -3.64. The van der Waals surface area contributed by atoms with Crippen molar-refractivity contribution in [3.8, 4) is 11.5 Å². The third kappa shape index (κ3) is 11.8. The van der Waals surface area contributed by atoms with E-state index in [4.69, 9.17) is 17.2 Å². The second-order valence-electron chi connectivity index (χ2n) is 10.6. The first kappa shape index (κ1) is 35.3. The lowest BCUT2D eigenvalue weighted by molar-refractivity contribution is -0.142. The number of benzene rings is 2. The number of phenolic OH excluding ortho intramolecular Hbond substituents is 2. The molecule has 2 aromatic rings. The maximum absolute atomic E-state index is 13.5. The second kappa shape index (κ2) is 17.3. The molecule has 14 nitrogen and oxygen atoms in total. The maximum atomic E-state index is 13.5. The standard InChI is InChI=1S/C30H43N7O7/c1-3-17(2)25(37-26(40)22(31)15-18-6-10-20(38)11-7-18)28(42)35-23(5-4-14-34-30(32)33)27(41)36-24(29(43)44)16-19-8-12-21(39)13-9-19/h6-13,17,22-25,38-39H,3-5,14-16,31H2,1-2H3,(H,35,42)(H,36,41)(H,37,40)(H,43,44)(H4,32,33,34). The minimum absolute atomic E-state index is 0.0116. The number of rotatable bonds is 17. The normalized spacial score (nSPS) is 14.2. The van der Waals surface area contributed by atoms with Crippen molar-refractivity contribution in [2.45, 2.75) is 70.1 Å². The van der Waals surface area contributed by atoms with Crippen LogP contribution in [0.3, 0.4) is 0 Å². The van der Waals surface area contributed by atoms with Crippen LogP contribution in [-0.4, -0.2) is 75.7 Å². The van der Waals surface area contributed by atoms with Crippen molar-refractivity contribution in [3.63, 3.8) is 0 Å². The van der Waals surface area contributed by atoms with E-state index in [0.717, 1.165) is 0 Å². The number of carboxylic acids is 1. The van der Waals surface area contributed by atoms with Gasteiger partial charge in [-0.2, -0.15) is 0 Å². The van der Waals surface area contributed by atoms with E-state index in [1.165, 1.54) is 36.4 Å². The van der Waals surface area contributed by atoms with Crippen molar-refractivity contribution in [1.82, 2.24) is 16.0 Å².